The lowest BCUT2D eigenvalue weighted by atomic mass is 9.80. The van der Waals surface area contributed by atoms with Gasteiger partial charge in [-0.25, -0.2) is 0 Å². The summed E-state index contributed by atoms with van der Waals surface area (Å²) in [6.45, 7) is 7.95. The summed E-state index contributed by atoms with van der Waals surface area (Å²) >= 11 is 0. The second kappa shape index (κ2) is 3.10. The molecule has 0 amide bonds. The Morgan fingerprint density at radius 1 is 1.47 bits per heavy atom. The number of esters is 1. The Morgan fingerprint density at radius 3 is 2.53 bits per heavy atom. The number of hydrogen-bond acceptors (Lipinski definition) is 2. The lowest BCUT2D eigenvalue weighted by molar-refractivity contribution is -0.162. The van der Waals surface area contributed by atoms with Gasteiger partial charge in [-0.15, -0.1) is 0 Å². The van der Waals surface area contributed by atoms with Gasteiger partial charge in [0, 0.05) is 0 Å². The van der Waals surface area contributed by atoms with Crippen molar-refractivity contribution in [1.29, 1.82) is 0 Å². The zero-order valence-corrected chi connectivity index (χ0v) is 10.0. The van der Waals surface area contributed by atoms with E-state index >= 15 is 0 Å². The first-order valence-electron chi connectivity index (χ1n) is 5.72. The van der Waals surface area contributed by atoms with Crippen LogP contribution < -0.4 is 0 Å². The van der Waals surface area contributed by atoms with E-state index in [0.717, 1.165) is 12.8 Å². The van der Waals surface area contributed by atoms with Crippen molar-refractivity contribution in [3.63, 3.8) is 0 Å². The van der Waals surface area contributed by atoms with Crippen molar-refractivity contribution in [3.8, 4) is 0 Å². The SMILES string of the molecule is CC(C)(C)OC(=O)[C@H]1C[C@H]2C=C[C@@]1(C)C2. The lowest BCUT2D eigenvalue weighted by Gasteiger charge is -2.29. The molecule has 3 atom stereocenters. The van der Waals surface area contributed by atoms with Gasteiger partial charge in [0.15, 0.2) is 0 Å². The Bertz CT molecular complexity index is 311. The maximum Gasteiger partial charge on any atom is 0.310 e. The Hall–Kier alpha value is -0.790. The second-order valence-corrected chi connectivity index (χ2v) is 6.15. The van der Waals surface area contributed by atoms with Crippen LogP contribution in [0.2, 0.25) is 0 Å². The molecule has 0 aromatic carbocycles. The molecule has 2 aliphatic carbocycles. The van der Waals surface area contributed by atoms with Crippen molar-refractivity contribution in [2.45, 2.75) is 46.1 Å². The van der Waals surface area contributed by atoms with Crippen LogP contribution in [-0.2, 0) is 9.53 Å². The third kappa shape index (κ3) is 1.95. The fourth-order valence-electron chi connectivity index (χ4n) is 2.79. The zero-order valence-electron chi connectivity index (χ0n) is 10.0. The van der Waals surface area contributed by atoms with Crippen molar-refractivity contribution in [2.75, 3.05) is 0 Å². The predicted octanol–water partition coefficient (Wildman–Crippen LogP) is 2.93. The van der Waals surface area contributed by atoms with Crippen LogP contribution >= 0.6 is 0 Å². The Morgan fingerprint density at radius 2 is 2.13 bits per heavy atom. The molecule has 1 saturated carbocycles. The fraction of sp³-hybridized carbons (Fsp3) is 0.769. The molecular formula is C13H20O2. The summed E-state index contributed by atoms with van der Waals surface area (Å²) in [4.78, 5) is 12.0. The summed E-state index contributed by atoms with van der Waals surface area (Å²) in [5, 5.41) is 0. The van der Waals surface area contributed by atoms with Crippen LogP contribution in [0.1, 0.15) is 40.5 Å². The van der Waals surface area contributed by atoms with E-state index in [4.69, 9.17) is 4.74 Å². The number of hydrogen-bond donors (Lipinski definition) is 0. The molecule has 1 fully saturated rings. The molecule has 0 heterocycles. The van der Waals surface area contributed by atoms with Gasteiger partial charge in [-0.1, -0.05) is 19.1 Å². The van der Waals surface area contributed by atoms with E-state index in [1.54, 1.807) is 0 Å². The van der Waals surface area contributed by atoms with Crippen molar-refractivity contribution >= 4 is 5.97 Å². The van der Waals surface area contributed by atoms with E-state index in [9.17, 15) is 4.79 Å². The molecule has 0 saturated heterocycles. The monoisotopic (exact) mass is 208 g/mol. The van der Waals surface area contributed by atoms with Gasteiger partial charge in [0.05, 0.1) is 5.92 Å². The molecule has 84 valence electrons. The maximum absolute atomic E-state index is 12.0. The van der Waals surface area contributed by atoms with Crippen LogP contribution in [0.3, 0.4) is 0 Å². The Labute approximate surface area is 91.7 Å². The summed E-state index contributed by atoms with van der Waals surface area (Å²) in [6.07, 6.45) is 6.55. The number of carbonyl (C=O) groups excluding carboxylic acids is 1. The van der Waals surface area contributed by atoms with Crippen LogP contribution in [0.25, 0.3) is 0 Å². The second-order valence-electron chi connectivity index (χ2n) is 6.15. The van der Waals surface area contributed by atoms with Gasteiger partial charge in [0.25, 0.3) is 0 Å². The van der Waals surface area contributed by atoms with Gasteiger partial charge in [-0.05, 0) is 44.9 Å². The Kier molecular flexibility index (Phi) is 2.21. The maximum atomic E-state index is 12.0. The molecule has 2 rings (SSSR count). The van der Waals surface area contributed by atoms with E-state index in [-0.39, 0.29) is 22.9 Å². The van der Waals surface area contributed by atoms with Crippen molar-refractivity contribution in [2.24, 2.45) is 17.3 Å². The molecule has 0 radical (unpaired) electrons. The summed E-state index contributed by atoms with van der Waals surface area (Å²) in [5.74, 6) is 0.663. The van der Waals surface area contributed by atoms with Crippen LogP contribution in [0.4, 0.5) is 0 Å². The predicted molar refractivity (Wildman–Crippen MR) is 59.3 cm³/mol. The highest BCUT2D eigenvalue weighted by Crippen LogP contribution is 2.53. The molecule has 0 aromatic rings. The minimum atomic E-state index is -0.362. The molecule has 0 unspecified atom stereocenters. The van der Waals surface area contributed by atoms with Crippen molar-refractivity contribution in [1.82, 2.24) is 0 Å². The number of ether oxygens (including phenoxy) is 1. The van der Waals surface area contributed by atoms with E-state index in [2.05, 4.69) is 19.1 Å². The molecule has 0 aliphatic heterocycles. The van der Waals surface area contributed by atoms with Gasteiger partial charge in [0.1, 0.15) is 5.60 Å². The number of allylic oxidation sites excluding steroid dienone is 2. The summed E-state index contributed by atoms with van der Waals surface area (Å²) in [7, 11) is 0. The van der Waals surface area contributed by atoms with Gasteiger partial charge >= 0.3 is 5.97 Å². The van der Waals surface area contributed by atoms with Gasteiger partial charge in [0.2, 0.25) is 0 Å². The third-order valence-electron chi connectivity index (χ3n) is 3.48. The first-order valence-corrected chi connectivity index (χ1v) is 5.72. The molecule has 15 heavy (non-hydrogen) atoms. The summed E-state index contributed by atoms with van der Waals surface area (Å²) in [6, 6.07) is 0. The van der Waals surface area contributed by atoms with Crippen LogP contribution in [0.5, 0.6) is 0 Å². The standard InChI is InChI=1S/C13H20O2/c1-12(2,3)15-11(14)10-7-9-5-6-13(10,4)8-9/h5-6,9-10H,7-8H2,1-4H3/t9-,10-,13+/m1/s1. The van der Waals surface area contributed by atoms with E-state index in [0.29, 0.717) is 5.92 Å². The minimum absolute atomic E-state index is 0.0168. The first-order chi connectivity index (χ1) is 6.80. The van der Waals surface area contributed by atoms with E-state index < -0.39 is 0 Å². The van der Waals surface area contributed by atoms with Crippen LogP contribution in [0.15, 0.2) is 12.2 Å². The fourth-order valence-corrected chi connectivity index (χ4v) is 2.79. The molecule has 0 N–H and O–H groups in total. The molecule has 2 nitrogen and oxygen atoms in total. The average Bonchev–Trinajstić information content (AvgIpc) is 2.55. The highest BCUT2D eigenvalue weighted by Gasteiger charge is 2.49. The molecule has 0 spiro atoms. The Balaban J connectivity index is 2.07. The zero-order chi connectivity index (χ0) is 11.3. The number of rotatable bonds is 1. The van der Waals surface area contributed by atoms with Crippen molar-refractivity contribution in [3.05, 3.63) is 12.2 Å². The van der Waals surface area contributed by atoms with Gasteiger partial charge < -0.3 is 4.74 Å². The number of carbonyl (C=O) groups is 1. The quantitative estimate of drug-likeness (QED) is 0.489. The van der Waals surface area contributed by atoms with Gasteiger partial charge in [-0.3, -0.25) is 4.79 Å². The van der Waals surface area contributed by atoms with Crippen LogP contribution in [-0.4, -0.2) is 11.6 Å². The number of fused-ring (bicyclic) bond motifs is 2. The smallest absolute Gasteiger partial charge is 0.310 e. The van der Waals surface area contributed by atoms with E-state index in [1.165, 1.54) is 0 Å². The first kappa shape index (κ1) is 10.7. The van der Waals surface area contributed by atoms with E-state index in [1.807, 2.05) is 20.8 Å². The molecule has 2 bridgehead atoms. The average molecular weight is 208 g/mol. The highest BCUT2D eigenvalue weighted by atomic mass is 16.6. The lowest BCUT2D eigenvalue weighted by Crippen LogP contribution is -2.34. The summed E-state index contributed by atoms with van der Waals surface area (Å²) < 4.78 is 5.47. The normalized spacial score (nSPS) is 38.4. The third-order valence-corrected chi connectivity index (χ3v) is 3.48. The molecule has 0 aromatic heterocycles. The largest absolute Gasteiger partial charge is 0.460 e. The van der Waals surface area contributed by atoms with Crippen LogP contribution in [0, 0.1) is 17.3 Å². The molecule has 2 heteroatoms. The molecular weight excluding hydrogens is 188 g/mol. The topological polar surface area (TPSA) is 26.3 Å². The highest BCUT2D eigenvalue weighted by molar-refractivity contribution is 5.75. The van der Waals surface area contributed by atoms with Gasteiger partial charge in [-0.2, -0.15) is 0 Å². The molecule has 2 aliphatic rings. The summed E-state index contributed by atoms with van der Waals surface area (Å²) in [5.41, 5.74) is -0.300. The minimum Gasteiger partial charge on any atom is -0.460 e. The van der Waals surface area contributed by atoms with Crippen molar-refractivity contribution < 1.29 is 9.53 Å².